The molecule has 0 atom stereocenters. The fourth-order valence-electron chi connectivity index (χ4n) is 1.51. The highest BCUT2D eigenvalue weighted by Crippen LogP contribution is 2.31. The Balaban J connectivity index is 2.49. The lowest BCUT2D eigenvalue weighted by molar-refractivity contribution is 0.181. The Morgan fingerprint density at radius 2 is 2.29 bits per heavy atom. The summed E-state index contributed by atoms with van der Waals surface area (Å²) in [5, 5.41) is 3.81. The molecule has 0 bridgehead atoms. The molecule has 2 N–H and O–H groups in total. The van der Waals surface area contributed by atoms with E-state index in [4.69, 9.17) is 26.6 Å². The van der Waals surface area contributed by atoms with Gasteiger partial charge in [0, 0.05) is 17.7 Å². The first-order valence-corrected chi connectivity index (χ1v) is 5.18. The maximum atomic E-state index is 13.8. The molecular weight excluding hydrogens is 247 g/mol. The van der Waals surface area contributed by atoms with E-state index in [1.807, 2.05) is 0 Å². The molecule has 6 heteroatoms. The van der Waals surface area contributed by atoms with E-state index in [0.717, 1.165) is 0 Å². The molecule has 1 aromatic heterocycles. The Morgan fingerprint density at radius 1 is 1.53 bits per heavy atom. The first-order valence-electron chi connectivity index (χ1n) is 4.81. The van der Waals surface area contributed by atoms with Gasteiger partial charge >= 0.3 is 0 Å². The monoisotopic (exact) mass is 256 g/mol. The van der Waals surface area contributed by atoms with E-state index >= 15 is 0 Å². The van der Waals surface area contributed by atoms with Crippen molar-refractivity contribution in [2.45, 2.75) is 6.61 Å². The van der Waals surface area contributed by atoms with E-state index < -0.39 is 5.82 Å². The molecule has 1 heterocycles. The molecule has 0 aliphatic heterocycles. The van der Waals surface area contributed by atoms with E-state index in [1.54, 1.807) is 6.07 Å². The van der Waals surface area contributed by atoms with E-state index in [0.29, 0.717) is 16.7 Å². The molecule has 0 saturated carbocycles. The van der Waals surface area contributed by atoms with Crippen molar-refractivity contribution in [2.75, 3.05) is 12.8 Å². The minimum atomic E-state index is -0.449. The van der Waals surface area contributed by atoms with Crippen LogP contribution in [0.1, 0.15) is 5.56 Å². The van der Waals surface area contributed by atoms with Gasteiger partial charge in [0.25, 0.3) is 0 Å². The minimum absolute atomic E-state index is 0.115. The molecule has 90 valence electrons. The summed E-state index contributed by atoms with van der Waals surface area (Å²) >= 11 is 5.97. The highest BCUT2D eigenvalue weighted by atomic mass is 35.5. The smallest absolute Gasteiger partial charge is 0.229 e. The lowest BCUT2D eigenvalue weighted by Gasteiger charge is -2.07. The number of benzene rings is 1. The second-order valence-corrected chi connectivity index (χ2v) is 3.86. The number of methoxy groups -OCH3 is 1. The molecule has 0 aliphatic carbocycles. The second kappa shape index (κ2) is 4.73. The van der Waals surface area contributed by atoms with Gasteiger partial charge in [-0.15, -0.1) is 0 Å². The first-order chi connectivity index (χ1) is 8.13. The van der Waals surface area contributed by atoms with Crippen LogP contribution in [-0.2, 0) is 11.3 Å². The van der Waals surface area contributed by atoms with Crippen LogP contribution in [0, 0.1) is 5.82 Å². The van der Waals surface area contributed by atoms with Crippen molar-refractivity contribution in [3.8, 4) is 11.1 Å². The van der Waals surface area contributed by atoms with Crippen molar-refractivity contribution >= 4 is 17.5 Å². The van der Waals surface area contributed by atoms with E-state index in [2.05, 4.69) is 5.16 Å². The summed E-state index contributed by atoms with van der Waals surface area (Å²) < 4.78 is 23.3. The van der Waals surface area contributed by atoms with E-state index in [1.165, 1.54) is 19.4 Å². The largest absolute Gasteiger partial charge is 0.380 e. The normalized spacial score (nSPS) is 10.8. The Labute approximate surface area is 102 Å². The summed E-state index contributed by atoms with van der Waals surface area (Å²) in [5.74, 6) is -0.324. The van der Waals surface area contributed by atoms with Crippen LogP contribution >= 0.6 is 11.6 Å². The fourth-order valence-corrected chi connectivity index (χ4v) is 1.77. The lowest BCUT2D eigenvalue weighted by Crippen LogP contribution is -1.95. The van der Waals surface area contributed by atoms with Crippen LogP contribution in [-0.4, -0.2) is 12.3 Å². The van der Waals surface area contributed by atoms with Crippen LogP contribution in [0.4, 0.5) is 10.3 Å². The van der Waals surface area contributed by atoms with Crippen molar-refractivity contribution in [1.82, 2.24) is 5.16 Å². The van der Waals surface area contributed by atoms with Crippen molar-refractivity contribution < 1.29 is 13.7 Å². The van der Waals surface area contributed by atoms with Gasteiger partial charge in [0.2, 0.25) is 5.88 Å². The summed E-state index contributed by atoms with van der Waals surface area (Å²) in [5.41, 5.74) is 6.89. The third kappa shape index (κ3) is 2.25. The Hall–Kier alpha value is -1.59. The summed E-state index contributed by atoms with van der Waals surface area (Å²) in [6.07, 6.45) is 1.41. The topological polar surface area (TPSA) is 61.3 Å². The number of aromatic nitrogens is 1. The quantitative estimate of drug-likeness (QED) is 0.917. The summed E-state index contributed by atoms with van der Waals surface area (Å²) in [7, 11) is 1.47. The highest BCUT2D eigenvalue weighted by Gasteiger charge is 2.13. The summed E-state index contributed by atoms with van der Waals surface area (Å²) in [4.78, 5) is 0. The van der Waals surface area contributed by atoms with Crippen molar-refractivity contribution in [3.05, 3.63) is 34.7 Å². The molecule has 0 saturated heterocycles. The molecule has 0 amide bonds. The van der Waals surface area contributed by atoms with Gasteiger partial charge in [0.15, 0.2) is 0 Å². The molecule has 0 radical (unpaired) electrons. The Morgan fingerprint density at radius 3 is 2.82 bits per heavy atom. The number of hydrogen-bond acceptors (Lipinski definition) is 4. The van der Waals surface area contributed by atoms with Crippen LogP contribution < -0.4 is 5.73 Å². The van der Waals surface area contributed by atoms with Crippen LogP contribution in [0.3, 0.4) is 0 Å². The number of halogens is 2. The minimum Gasteiger partial charge on any atom is -0.380 e. The number of ether oxygens (including phenoxy) is 1. The van der Waals surface area contributed by atoms with E-state index in [-0.39, 0.29) is 17.5 Å². The number of anilines is 1. The number of nitrogen functional groups attached to an aromatic ring is 1. The lowest BCUT2D eigenvalue weighted by atomic mass is 10.1. The number of nitrogens with two attached hydrogens (primary N) is 1. The van der Waals surface area contributed by atoms with Crippen LogP contribution in [0.2, 0.25) is 5.02 Å². The predicted molar refractivity (Wildman–Crippen MR) is 62.0 cm³/mol. The third-order valence-electron chi connectivity index (χ3n) is 2.34. The van der Waals surface area contributed by atoms with Gasteiger partial charge in [-0.25, -0.2) is 4.39 Å². The maximum Gasteiger partial charge on any atom is 0.229 e. The van der Waals surface area contributed by atoms with Gasteiger partial charge < -0.3 is 15.0 Å². The highest BCUT2D eigenvalue weighted by molar-refractivity contribution is 6.31. The molecule has 1 aromatic carbocycles. The van der Waals surface area contributed by atoms with Crippen molar-refractivity contribution in [1.29, 1.82) is 0 Å². The van der Waals surface area contributed by atoms with Gasteiger partial charge in [-0.1, -0.05) is 16.8 Å². The molecule has 0 fully saturated rings. The average Bonchev–Trinajstić information content (AvgIpc) is 2.69. The third-order valence-corrected chi connectivity index (χ3v) is 2.68. The molecule has 0 spiro atoms. The SMILES string of the molecule is COCc1c(F)cc(-c2cnoc2N)cc1Cl. The zero-order valence-corrected chi connectivity index (χ0v) is 9.79. The molecule has 0 unspecified atom stereocenters. The van der Waals surface area contributed by atoms with E-state index in [9.17, 15) is 4.39 Å². The first kappa shape index (κ1) is 11.9. The molecular formula is C11H10ClFN2O2. The Bertz CT molecular complexity index is 519. The van der Waals surface area contributed by atoms with Gasteiger partial charge in [0.05, 0.1) is 18.4 Å². The van der Waals surface area contributed by atoms with Crippen molar-refractivity contribution in [2.24, 2.45) is 0 Å². The van der Waals surface area contributed by atoms with Crippen LogP contribution in [0.15, 0.2) is 22.9 Å². The molecule has 2 rings (SSSR count). The average molecular weight is 257 g/mol. The standard InChI is InChI=1S/C11H10ClFN2O2/c1-16-5-8-9(12)2-6(3-10(8)13)7-4-15-17-11(7)14/h2-4H,5,14H2,1H3. The Kier molecular flexibility index (Phi) is 3.31. The zero-order valence-electron chi connectivity index (χ0n) is 9.04. The number of rotatable bonds is 3. The van der Waals surface area contributed by atoms with Crippen LogP contribution in [0.5, 0.6) is 0 Å². The van der Waals surface area contributed by atoms with Crippen molar-refractivity contribution in [3.63, 3.8) is 0 Å². The van der Waals surface area contributed by atoms with Gasteiger partial charge in [-0.3, -0.25) is 0 Å². The second-order valence-electron chi connectivity index (χ2n) is 3.46. The fraction of sp³-hybridized carbons (Fsp3) is 0.182. The summed E-state index contributed by atoms with van der Waals surface area (Å²) in [6, 6.07) is 2.92. The molecule has 2 aromatic rings. The number of hydrogen-bond donors (Lipinski definition) is 1. The van der Waals surface area contributed by atoms with Gasteiger partial charge in [-0.05, 0) is 17.7 Å². The van der Waals surface area contributed by atoms with Gasteiger partial charge in [0.1, 0.15) is 5.82 Å². The van der Waals surface area contributed by atoms with Gasteiger partial charge in [-0.2, -0.15) is 0 Å². The number of nitrogens with zero attached hydrogens (tertiary/aromatic N) is 1. The predicted octanol–water partition coefficient (Wildman–Crippen LogP) is 2.86. The zero-order chi connectivity index (χ0) is 12.4. The molecule has 4 nitrogen and oxygen atoms in total. The maximum absolute atomic E-state index is 13.8. The van der Waals surface area contributed by atoms with Crippen LogP contribution in [0.25, 0.3) is 11.1 Å². The molecule has 17 heavy (non-hydrogen) atoms. The summed E-state index contributed by atoms with van der Waals surface area (Å²) in [6.45, 7) is 0.115. The molecule has 0 aliphatic rings.